The summed E-state index contributed by atoms with van der Waals surface area (Å²) in [6, 6.07) is 0. The van der Waals surface area contributed by atoms with E-state index in [1.165, 1.54) is 0 Å². The van der Waals surface area contributed by atoms with Gasteiger partial charge in [-0.25, -0.2) is 0 Å². The average molecular weight is 363 g/mol. The van der Waals surface area contributed by atoms with Gasteiger partial charge in [0.1, 0.15) is 5.76 Å². The minimum absolute atomic E-state index is 0.00377. The molecule has 2 aliphatic carbocycles. The minimum Gasteiger partial charge on any atom is -0.379 e. The highest BCUT2D eigenvalue weighted by atomic mass is 79.9. The summed E-state index contributed by atoms with van der Waals surface area (Å²) in [5.74, 6) is -0.0954. The number of alkyl halides is 3. The topological polar surface area (TPSA) is 43.4 Å². The second-order valence-corrected chi connectivity index (χ2v) is 8.20. The van der Waals surface area contributed by atoms with Crippen molar-refractivity contribution in [3.63, 3.8) is 0 Å². The van der Waals surface area contributed by atoms with Gasteiger partial charge in [-0.2, -0.15) is 21.6 Å². The fraction of sp³-hybridized carbons (Fsp3) is 0.818. The first-order valence-electron chi connectivity index (χ1n) is 5.75. The van der Waals surface area contributed by atoms with E-state index in [1.807, 2.05) is 13.8 Å². The fourth-order valence-corrected chi connectivity index (χ4v) is 5.08. The highest BCUT2D eigenvalue weighted by Crippen LogP contribution is 2.69. The fourth-order valence-electron chi connectivity index (χ4n) is 3.06. The molecule has 8 heteroatoms. The van der Waals surface area contributed by atoms with E-state index in [4.69, 9.17) is 0 Å². The van der Waals surface area contributed by atoms with Crippen LogP contribution in [0.4, 0.5) is 13.2 Å². The molecule has 19 heavy (non-hydrogen) atoms. The molecule has 0 amide bonds. The normalized spacial score (nSPS) is 33.9. The van der Waals surface area contributed by atoms with Crippen molar-refractivity contribution in [2.24, 2.45) is 16.7 Å². The van der Waals surface area contributed by atoms with Crippen molar-refractivity contribution in [3.05, 3.63) is 10.2 Å². The van der Waals surface area contributed by atoms with Crippen LogP contribution in [0.3, 0.4) is 0 Å². The van der Waals surface area contributed by atoms with Crippen molar-refractivity contribution in [1.82, 2.24) is 0 Å². The summed E-state index contributed by atoms with van der Waals surface area (Å²) in [6.07, 6.45) is 1.42. The zero-order valence-corrected chi connectivity index (χ0v) is 13.0. The molecule has 2 aliphatic rings. The van der Waals surface area contributed by atoms with Gasteiger partial charge in [-0.15, -0.1) is 0 Å². The third-order valence-electron chi connectivity index (χ3n) is 4.73. The van der Waals surface area contributed by atoms with Gasteiger partial charge < -0.3 is 4.18 Å². The number of rotatable bonds is 2. The van der Waals surface area contributed by atoms with Crippen LogP contribution in [-0.4, -0.2) is 13.9 Å². The molecule has 2 atom stereocenters. The van der Waals surface area contributed by atoms with Crippen molar-refractivity contribution in [2.75, 3.05) is 0 Å². The Balaban J connectivity index is 2.44. The molecule has 0 heterocycles. The smallest absolute Gasteiger partial charge is 0.379 e. The van der Waals surface area contributed by atoms with Crippen LogP contribution in [0.5, 0.6) is 0 Å². The molecule has 0 aromatic carbocycles. The van der Waals surface area contributed by atoms with E-state index in [0.717, 1.165) is 6.42 Å². The SMILES string of the molecule is CC1(C)C2CC[C@@]1(C)C(OS(=O)(=O)C(F)(F)F)=C2Br. The maximum absolute atomic E-state index is 12.4. The highest BCUT2D eigenvalue weighted by Gasteiger charge is 2.63. The maximum Gasteiger partial charge on any atom is 0.534 e. The lowest BCUT2D eigenvalue weighted by atomic mass is 9.70. The largest absolute Gasteiger partial charge is 0.534 e. The van der Waals surface area contributed by atoms with Gasteiger partial charge in [-0.1, -0.05) is 36.7 Å². The Morgan fingerprint density at radius 2 is 1.84 bits per heavy atom. The average Bonchev–Trinajstić information content (AvgIpc) is 2.50. The molecule has 2 rings (SSSR count). The van der Waals surface area contributed by atoms with Crippen LogP contribution < -0.4 is 0 Å². The highest BCUT2D eigenvalue weighted by molar-refractivity contribution is 9.11. The summed E-state index contributed by atoms with van der Waals surface area (Å²) >= 11 is 3.21. The van der Waals surface area contributed by atoms with Crippen LogP contribution in [0.25, 0.3) is 0 Å². The standard InChI is InChI=1S/C11H14BrF3O3S/c1-9(2)6-4-5-10(9,3)8(7(6)12)18-19(16,17)11(13,14)15/h6H,4-5H2,1-3H3/t6?,10-/m0/s1. The summed E-state index contributed by atoms with van der Waals surface area (Å²) in [5.41, 5.74) is -6.44. The molecule has 0 radical (unpaired) electrons. The third kappa shape index (κ3) is 1.86. The lowest BCUT2D eigenvalue weighted by Crippen LogP contribution is -2.34. The second kappa shape index (κ2) is 3.90. The van der Waals surface area contributed by atoms with Gasteiger partial charge >= 0.3 is 15.6 Å². The van der Waals surface area contributed by atoms with E-state index in [2.05, 4.69) is 20.1 Å². The van der Waals surface area contributed by atoms with Crippen molar-refractivity contribution >= 4 is 26.0 Å². The molecule has 0 aromatic rings. The Bertz CT molecular complexity index is 550. The van der Waals surface area contributed by atoms with Crippen molar-refractivity contribution < 1.29 is 25.8 Å². The molecule has 0 aromatic heterocycles. The molecule has 1 fully saturated rings. The summed E-state index contributed by atoms with van der Waals surface area (Å²) in [4.78, 5) is 0. The van der Waals surface area contributed by atoms with Crippen LogP contribution in [0.2, 0.25) is 0 Å². The Morgan fingerprint density at radius 3 is 2.21 bits per heavy atom. The zero-order valence-electron chi connectivity index (χ0n) is 10.6. The summed E-state index contributed by atoms with van der Waals surface area (Å²) < 4.78 is 64.5. The van der Waals surface area contributed by atoms with Crippen LogP contribution in [-0.2, 0) is 14.3 Å². The van der Waals surface area contributed by atoms with Gasteiger partial charge in [0, 0.05) is 9.90 Å². The molecule has 0 saturated heterocycles. The summed E-state index contributed by atoms with van der Waals surface area (Å²) in [6.45, 7) is 5.59. The van der Waals surface area contributed by atoms with E-state index < -0.39 is 21.0 Å². The minimum atomic E-state index is -5.61. The van der Waals surface area contributed by atoms with E-state index in [1.54, 1.807) is 6.92 Å². The zero-order chi connectivity index (χ0) is 14.9. The van der Waals surface area contributed by atoms with Crippen molar-refractivity contribution in [2.45, 2.75) is 39.1 Å². The third-order valence-corrected chi connectivity index (χ3v) is 6.59. The van der Waals surface area contributed by atoms with Gasteiger partial charge in [0.15, 0.2) is 0 Å². The summed E-state index contributed by atoms with van der Waals surface area (Å²) in [7, 11) is -5.61. The molecule has 0 N–H and O–H groups in total. The van der Waals surface area contributed by atoms with Gasteiger partial charge in [0.2, 0.25) is 0 Å². The molecular weight excluding hydrogens is 349 g/mol. The Kier molecular flexibility index (Phi) is 3.11. The van der Waals surface area contributed by atoms with Crippen molar-refractivity contribution in [3.8, 4) is 0 Å². The first kappa shape index (κ1) is 15.2. The van der Waals surface area contributed by atoms with Crippen LogP contribution in [0.1, 0.15) is 33.6 Å². The molecule has 0 aliphatic heterocycles. The number of halogens is 4. The molecule has 110 valence electrons. The van der Waals surface area contributed by atoms with Crippen molar-refractivity contribution in [1.29, 1.82) is 0 Å². The second-order valence-electron chi connectivity index (χ2n) is 5.81. The van der Waals surface area contributed by atoms with Crippen LogP contribution in [0.15, 0.2) is 10.2 Å². The predicted molar refractivity (Wildman–Crippen MR) is 66.6 cm³/mol. The monoisotopic (exact) mass is 362 g/mol. The maximum atomic E-state index is 12.4. The van der Waals surface area contributed by atoms with Crippen LogP contribution in [0, 0.1) is 16.7 Å². The number of fused-ring (bicyclic) bond motifs is 2. The van der Waals surface area contributed by atoms with E-state index >= 15 is 0 Å². The van der Waals surface area contributed by atoms with Crippen LogP contribution >= 0.6 is 15.9 Å². The van der Waals surface area contributed by atoms with E-state index in [9.17, 15) is 21.6 Å². The molecule has 2 bridgehead atoms. The Morgan fingerprint density at radius 1 is 1.32 bits per heavy atom. The molecular formula is C11H14BrF3O3S. The number of hydrogen-bond acceptors (Lipinski definition) is 3. The Hall–Kier alpha value is -0.240. The quantitative estimate of drug-likeness (QED) is 0.552. The number of allylic oxidation sites excluding steroid dienone is 2. The summed E-state index contributed by atoms with van der Waals surface area (Å²) in [5, 5.41) is 0. The van der Waals surface area contributed by atoms with Gasteiger partial charge in [-0.3, -0.25) is 0 Å². The van der Waals surface area contributed by atoms with E-state index in [0.29, 0.717) is 10.9 Å². The first-order valence-corrected chi connectivity index (χ1v) is 7.95. The number of hydrogen-bond donors (Lipinski definition) is 0. The van der Waals surface area contributed by atoms with E-state index in [-0.39, 0.29) is 17.1 Å². The van der Waals surface area contributed by atoms with Gasteiger partial charge in [-0.05, 0) is 24.2 Å². The molecule has 3 nitrogen and oxygen atoms in total. The van der Waals surface area contributed by atoms with Gasteiger partial charge in [0.25, 0.3) is 0 Å². The lowest BCUT2D eigenvalue weighted by molar-refractivity contribution is -0.0538. The van der Waals surface area contributed by atoms with Gasteiger partial charge in [0.05, 0.1) is 0 Å². The lowest BCUT2D eigenvalue weighted by Gasteiger charge is -2.35. The molecule has 1 saturated carbocycles. The first-order chi connectivity index (χ1) is 8.34. The molecule has 1 unspecified atom stereocenters. The molecule has 0 spiro atoms. The predicted octanol–water partition coefficient (Wildman–Crippen LogP) is 3.92. The Labute approximate surface area is 118 Å².